The molecule has 0 saturated carbocycles. The van der Waals surface area contributed by atoms with E-state index in [1.165, 1.54) is 0 Å². The zero-order valence-corrected chi connectivity index (χ0v) is 13.9. The minimum absolute atomic E-state index is 0.00404. The van der Waals surface area contributed by atoms with Crippen molar-refractivity contribution < 1.29 is 19.5 Å². The van der Waals surface area contributed by atoms with Crippen molar-refractivity contribution >= 4 is 17.8 Å². The van der Waals surface area contributed by atoms with E-state index >= 15 is 0 Å². The number of amides is 2. The Morgan fingerprint density at radius 2 is 1.52 bits per heavy atom. The third-order valence-corrected chi connectivity index (χ3v) is 2.54. The lowest BCUT2D eigenvalue weighted by atomic mass is 9.92. The van der Waals surface area contributed by atoms with Gasteiger partial charge in [-0.05, 0) is 32.6 Å². The van der Waals surface area contributed by atoms with Crippen molar-refractivity contribution in [3.63, 3.8) is 0 Å². The molecule has 6 heteroatoms. The lowest BCUT2D eigenvalue weighted by molar-refractivity contribution is -0.140. The smallest absolute Gasteiger partial charge is 0.320 e. The first-order valence-electron chi connectivity index (χ1n) is 7.13. The SMILES string of the molecule is CC(C)(C)CC(=O)NC(=O)CC[C@H](NC(C)(C)C)C(=O)O. The van der Waals surface area contributed by atoms with E-state index in [4.69, 9.17) is 5.11 Å². The first kappa shape index (κ1) is 19.6. The topological polar surface area (TPSA) is 95.5 Å². The van der Waals surface area contributed by atoms with Gasteiger partial charge in [0, 0.05) is 18.4 Å². The predicted octanol–water partition coefficient (Wildman–Crippen LogP) is 1.69. The maximum absolute atomic E-state index is 11.7. The Labute approximate surface area is 126 Å². The highest BCUT2D eigenvalue weighted by Crippen LogP contribution is 2.17. The van der Waals surface area contributed by atoms with Gasteiger partial charge >= 0.3 is 5.97 Å². The van der Waals surface area contributed by atoms with Gasteiger partial charge in [-0.3, -0.25) is 25.0 Å². The molecule has 21 heavy (non-hydrogen) atoms. The number of carbonyl (C=O) groups is 3. The fraction of sp³-hybridized carbons (Fsp3) is 0.800. The fourth-order valence-electron chi connectivity index (χ4n) is 1.80. The number of hydrogen-bond acceptors (Lipinski definition) is 4. The van der Waals surface area contributed by atoms with Crippen molar-refractivity contribution in [2.45, 2.75) is 72.4 Å². The zero-order chi connectivity index (χ0) is 16.8. The van der Waals surface area contributed by atoms with Crippen LogP contribution < -0.4 is 10.6 Å². The molecule has 1 atom stereocenters. The second-order valence-corrected chi connectivity index (χ2v) is 7.53. The molecule has 0 aromatic rings. The monoisotopic (exact) mass is 300 g/mol. The number of carboxylic acid groups (broad SMARTS) is 1. The van der Waals surface area contributed by atoms with Crippen molar-refractivity contribution in [1.82, 2.24) is 10.6 Å². The number of nitrogens with one attached hydrogen (secondary N) is 2. The summed E-state index contributed by atoms with van der Waals surface area (Å²) in [5, 5.41) is 14.4. The van der Waals surface area contributed by atoms with Crippen molar-refractivity contribution in [2.75, 3.05) is 0 Å². The van der Waals surface area contributed by atoms with E-state index in [-0.39, 0.29) is 36.1 Å². The van der Waals surface area contributed by atoms with Crippen LogP contribution in [0.3, 0.4) is 0 Å². The summed E-state index contributed by atoms with van der Waals surface area (Å²) in [6, 6.07) is -0.812. The minimum Gasteiger partial charge on any atom is -0.480 e. The summed E-state index contributed by atoms with van der Waals surface area (Å²) in [7, 11) is 0. The van der Waals surface area contributed by atoms with E-state index < -0.39 is 17.9 Å². The number of rotatable bonds is 6. The van der Waals surface area contributed by atoms with E-state index in [1.807, 2.05) is 41.5 Å². The van der Waals surface area contributed by atoms with Crippen LogP contribution in [0, 0.1) is 5.41 Å². The number of aliphatic carboxylic acids is 1. The normalized spacial score (nSPS) is 13.6. The van der Waals surface area contributed by atoms with E-state index in [2.05, 4.69) is 10.6 Å². The summed E-state index contributed by atoms with van der Waals surface area (Å²) in [4.78, 5) is 34.4. The molecule has 3 N–H and O–H groups in total. The number of imide groups is 1. The molecule has 6 nitrogen and oxygen atoms in total. The number of carbonyl (C=O) groups excluding carboxylic acids is 2. The maximum Gasteiger partial charge on any atom is 0.320 e. The highest BCUT2D eigenvalue weighted by Gasteiger charge is 2.24. The minimum atomic E-state index is -1.00. The average Bonchev–Trinajstić information content (AvgIpc) is 2.19. The van der Waals surface area contributed by atoms with Crippen molar-refractivity contribution in [1.29, 1.82) is 0 Å². The van der Waals surface area contributed by atoms with Gasteiger partial charge in [0.1, 0.15) is 6.04 Å². The van der Waals surface area contributed by atoms with Crippen molar-refractivity contribution in [2.24, 2.45) is 5.41 Å². The van der Waals surface area contributed by atoms with E-state index in [0.717, 1.165) is 0 Å². The van der Waals surface area contributed by atoms with Gasteiger partial charge in [0.05, 0.1) is 0 Å². The van der Waals surface area contributed by atoms with Gasteiger partial charge < -0.3 is 5.11 Å². The molecule has 0 unspecified atom stereocenters. The molecule has 0 rings (SSSR count). The summed E-state index contributed by atoms with van der Waals surface area (Å²) in [5.74, 6) is -1.77. The molecular formula is C15H28N2O4. The fourth-order valence-corrected chi connectivity index (χ4v) is 1.80. The molecule has 0 aromatic carbocycles. The first-order chi connectivity index (χ1) is 9.30. The summed E-state index contributed by atoms with van der Waals surface area (Å²) in [5.41, 5.74) is -0.552. The Bertz CT molecular complexity index is 391. The lowest BCUT2D eigenvalue weighted by Crippen LogP contribution is -2.48. The predicted molar refractivity (Wildman–Crippen MR) is 80.8 cm³/mol. The lowest BCUT2D eigenvalue weighted by Gasteiger charge is -2.25. The van der Waals surface area contributed by atoms with E-state index in [0.29, 0.717) is 0 Å². The Hall–Kier alpha value is -1.43. The quantitative estimate of drug-likeness (QED) is 0.693. The van der Waals surface area contributed by atoms with Gasteiger partial charge in [0.2, 0.25) is 11.8 Å². The average molecular weight is 300 g/mol. The van der Waals surface area contributed by atoms with Gasteiger partial charge in [0.25, 0.3) is 0 Å². The highest BCUT2D eigenvalue weighted by molar-refractivity contribution is 5.95. The van der Waals surface area contributed by atoms with Crippen LogP contribution in [0.1, 0.15) is 60.8 Å². The molecule has 122 valence electrons. The van der Waals surface area contributed by atoms with E-state index in [1.54, 1.807) is 0 Å². The van der Waals surface area contributed by atoms with Crippen LogP contribution in [0.5, 0.6) is 0 Å². The van der Waals surface area contributed by atoms with Crippen LogP contribution in [-0.2, 0) is 14.4 Å². The second-order valence-electron chi connectivity index (χ2n) is 7.53. The van der Waals surface area contributed by atoms with Crippen molar-refractivity contribution in [3.8, 4) is 0 Å². The van der Waals surface area contributed by atoms with Gasteiger partial charge in [-0.25, -0.2) is 0 Å². The molecule has 2 amide bonds. The highest BCUT2D eigenvalue weighted by atomic mass is 16.4. The molecule has 0 aliphatic heterocycles. The Morgan fingerprint density at radius 3 is 1.90 bits per heavy atom. The summed E-state index contributed by atoms with van der Waals surface area (Å²) in [6.45, 7) is 11.3. The number of hydrogen-bond donors (Lipinski definition) is 3. The van der Waals surface area contributed by atoms with Crippen LogP contribution >= 0.6 is 0 Å². The Balaban J connectivity index is 4.32. The second kappa shape index (κ2) is 7.54. The van der Waals surface area contributed by atoms with Crippen LogP contribution in [0.2, 0.25) is 0 Å². The standard InChI is InChI=1S/C15H28N2O4/c1-14(2,3)9-12(19)16-11(18)8-7-10(13(20)21)17-15(4,5)6/h10,17H,7-9H2,1-6H3,(H,20,21)(H,16,18,19)/t10-/m0/s1. The van der Waals surface area contributed by atoms with E-state index in [9.17, 15) is 14.4 Å². The third-order valence-electron chi connectivity index (χ3n) is 2.54. The zero-order valence-electron chi connectivity index (χ0n) is 13.9. The molecule has 0 bridgehead atoms. The molecule has 0 fully saturated rings. The van der Waals surface area contributed by atoms with Gasteiger partial charge in [-0.2, -0.15) is 0 Å². The molecule has 0 heterocycles. The van der Waals surface area contributed by atoms with Crippen LogP contribution in [0.4, 0.5) is 0 Å². The first-order valence-corrected chi connectivity index (χ1v) is 7.13. The maximum atomic E-state index is 11.7. The third kappa shape index (κ3) is 11.0. The molecular weight excluding hydrogens is 272 g/mol. The summed E-state index contributed by atoms with van der Waals surface area (Å²) < 4.78 is 0. The van der Waals surface area contributed by atoms with Crippen LogP contribution in [0.25, 0.3) is 0 Å². The summed E-state index contributed by atoms with van der Waals surface area (Å²) >= 11 is 0. The van der Waals surface area contributed by atoms with Crippen LogP contribution in [-0.4, -0.2) is 34.5 Å². The molecule has 0 aromatic heterocycles. The molecule has 0 aliphatic rings. The van der Waals surface area contributed by atoms with Gasteiger partial charge in [-0.15, -0.1) is 0 Å². The van der Waals surface area contributed by atoms with Crippen LogP contribution in [0.15, 0.2) is 0 Å². The largest absolute Gasteiger partial charge is 0.480 e. The molecule has 0 saturated heterocycles. The van der Waals surface area contributed by atoms with Gasteiger partial charge in [0.15, 0.2) is 0 Å². The Kier molecular flexibility index (Phi) is 7.03. The Morgan fingerprint density at radius 1 is 1.00 bits per heavy atom. The molecule has 0 spiro atoms. The van der Waals surface area contributed by atoms with Crippen molar-refractivity contribution in [3.05, 3.63) is 0 Å². The summed E-state index contributed by atoms with van der Waals surface area (Å²) in [6.07, 6.45) is 0.387. The molecule has 0 aliphatic carbocycles. The number of carboxylic acids is 1. The molecule has 0 radical (unpaired) electrons. The van der Waals surface area contributed by atoms with Gasteiger partial charge in [-0.1, -0.05) is 20.8 Å².